The van der Waals surface area contributed by atoms with Crippen LogP contribution in [0.2, 0.25) is 0 Å². The molecule has 2 aromatic rings. The molecule has 2 rings (SSSR count). The number of aromatic nitrogens is 1. The molecule has 0 spiro atoms. The fourth-order valence-electron chi connectivity index (χ4n) is 1.88. The summed E-state index contributed by atoms with van der Waals surface area (Å²) in [6.45, 7) is 7.08. The van der Waals surface area contributed by atoms with Crippen LogP contribution < -0.4 is 10.0 Å². The summed E-state index contributed by atoms with van der Waals surface area (Å²) in [5, 5.41) is 4.95. The van der Waals surface area contributed by atoms with E-state index in [1.165, 1.54) is 23.5 Å². The van der Waals surface area contributed by atoms with Gasteiger partial charge in [0.1, 0.15) is 0 Å². The number of thiazole rings is 1. The molecule has 1 heterocycles. The van der Waals surface area contributed by atoms with Crippen molar-refractivity contribution in [1.29, 1.82) is 0 Å². The lowest BCUT2D eigenvalue weighted by Gasteiger charge is -2.20. The largest absolute Gasteiger partial charge is 0.298 e. The molecular weight excluding hydrogens is 414 g/mol. The van der Waals surface area contributed by atoms with Gasteiger partial charge in [-0.15, -0.1) is 11.3 Å². The molecule has 0 aliphatic heterocycles. The lowest BCUT2D eigenvalue weighted by Crippen LogP contribution is -2.40. The molecular formula is C15H18BrN3O3S2. The molecule has 0 aliphatic carbocycles. The molecule has 0 unspecified atom stereocenters. The van der Waals surface area contributed by atoms with Crippen molar-refractivity contribution in [1.82, 2.24) is 9.71 Å². The second-order valence-corrected chi connectivity index (χ2v) is 9.64. The average molecular weight is 432 g/mol. The van der Waals surface area contributed by atoms with Gasteiger partial charge >= 0.3 is 0 Å². The quantitative estimate of drug-likeness (QED) is 0.774. The highest BCUT2D eigenvalue weighted by Gasteiger charge is 2.24. The van der Waals surface area contributed by atoms with Crippen LogP contribution >= 0.6 is 27.3 Å². The normalized spacial score (nSPS) is 12.2. The second kappa shape index (κ2) is 6.91. The van der Waals surface area contributed by atoms with Gasteiger partial charge in [-0.2, -0.15) is 0 Å². The maximum atomic E-state index is 12.4. The maximum Gasteiger partial charge on any atom is 0.258 e. The monoisotopic (exact) mass is 431 g/mol. The molecule has 0 saturated carbocycles. The van der Waals surface area contributed by atoms with Gasteiger partial charge in [-0.05, 0) is 61.8 Å². The number of halogens is 1. The van der Waals surface area contributed by atoms with Crippen LogP contribution in [0.1, 0.15) is 36.8 Å². The van der Waals surface area contributed by atoms with Gasteiger partial charge in [0.15, 0.2) is 5.13 Å². The second-order valence-electron chi connectivity index (χ2n) is 6.25. The van der Waals surface area contributed by atoms with E-state index in [1.807, 2.05) is 12.3 Å². The van der Waals surface area contributed by atoms with E-state index < -0.39 is 21.5 Å². The van der Waals surface area contributed by atoms with Gasteiger partial charge in [0.25, 0.3) is 5.91 Å². The predicted octanol–water partition coefficient (Wildman–Crippen LogP) is 3.54. The average Bonchev–Trinajstić information content (AvgIpc) is 2.81. The van der Waals surface area contributed by atoms with Crippen LogP contribution in [0.15, 0.2) is 32.9 Å². The van der Waals surface area contributed by atoms with E-state index >= 15 is 0 Å². The first kappa shape index (κ1) is 19.0. The van der Waals surface area contributed by atoms with Gasteiger partial charge in [0.2, 0.25) is 10.0 Å². The topological polar surface area (TPSA) is 88.2 Å². The highest BCUT2D eigenvalue weighted by molar-refractivity contribution is 9.10. The Morgan fingerprint density at radius 1 is 1.29 bits per heavy atom. The van der Waals surface area contributed by atoms with Crippen molar-refractivity contribution in [2.24, 2.45) is 0 Å². The Kier molecular flexibility index (Phi) is 5.48. The Labute approximate surface area is 153 Å². The zero-order valence-electron chi connectivity index (χ0n) is 13.7. The first-order valence-corrected chi connectivity index (χ1v) is 10.2. The highest BCUT2D eigenvalue weighted by atomic mass is 79.9. The van der Waals surface area contributed by atoms with Gasteiger partial charge in [0, 0.05) is 15.4 Å². The number of nitrogens with one attached hydrogen (secondary N) is 2. The molecule has 0 fully saturated rings. The van der Waals surface area contributed by atoms with Crippen LogP contribution in [0.4, 0.5) is 5.13 Å². The minimum absolute atomic E-state index is 0.0288. The first-order chi connectivity index (χ1) is 11.0. The van der Waals surface area contributed by atoms with Crippen molar-refractivity contribution in [3.05, 3.63) is 39.3 Å². The van der Waals surface area contributed by atoms with Crippen LogP contribution in [0.5, 0.6) is 0 Å². The van der Waals surface area contributed by atoms with Crippen molar-refractivity contribution in [2.75, 3.05) is 5.32 Å². The molecule has 9 heteroatoms. The Hall–Kier alpha value is -1.29. The number of carbonyl (C=O) groups is 1. The van der Waals surface area contributed by atoms with E-state index in [4.69, 9.17) is 0 Å². The Bertz CT molecular complexity index is 870. The maximum absolute atomic E-state index is 12.4. The minimum atomic E-state index is -3.72. The van der Waals surface area contributed by atoms with E-state index in [2.05, 4.69) is 31.0 Å². The van der Waals surface area contributed by atoms with Crippen molar-refractivity contribution in [3.8, 4) is 0 Å². The van der Waals surface area contributed by atoms with Gasteiger partial charge < -0.3 is 0 Å². The number of sulfonamides is 1. The highest BCUT2D eigenvalue weighted by Crippen LogP contribution is 2.24. The van der Waals surface area contributed by atoms with Crippen molar-refractivity contribution >= 4 is 48.3 Å². The molecule has 1 aromatic heterocycles. The Morgan fingerprint density at radius 3 is 2.50 bits per heavy atom. The fraction of sp³-hybridized carbons (Fsp3) is 0.333. The lowest BCUT2D eigenvalue weighted by molar-refractivity contribution is 0.102. The summed E-state index contributed by atoms with van der Waals surface area (Å²) in [5.74, 6) is -0.427. The number of amides is 1. The standard InChI is InChI=1S/C15H18BrN3O3S2/c1-9-8-23-14(17-9)18-13(20)11-7-10(5-6-12(11)16)24(21,22)19-15(2,3)4/h5-8,19H,1-4H3,(H,17,18,20). The summed E-state index contributed by atoms with van der Waals surface area (Å²) in [4.78, 5) is 16.6. The number of carbonyl (C=O) groups excluding carboxylic acids is 1. The number of nitrogens with zero attached hydrogens (tertiary/aromatic N) is 1. The van der Waals surface area contributed by atoms with Crippen molar-refractivity contribution < 1.29 is 13.2 Å². The van der Waals surface area contributed by atoms with E-state index in [0.717, 1.165) is 5.69 Å². The van der Waals surface area contributed by atoms with E-state index in [1.54, 1.807) is 26.8 Å². The third kappa shape index (κ3) is 4.85. The fourth-order valence-corrected chi connectivity index (χ4v) is 4.44. The van der Waals surface area contributed by atoms with Crippen molar-refractivity contribution in [3.63, 3.8) is 0 Å². The number of hydrogen-bond acceptors (Lipinski definition) is 5. The van der Waals surface area contributed by atoms with Crippen LogP contribution in [-0.4, -0.2) is 24.8 Å². The van der Waals surface area contributed by atoms with Gasteiger partial charge in [-0.1, -0.05) is 0 Å². The summed E-state index contributed by atoms with van der Waals surface area (Å²) < 4.78 is 27.9. The summed E-state index contributed by atoms with van der Waals surface area (Å²) in [5.41, 5.74) is 0.409. The number of anilines is 1. The molecule has 24 heavy (non-hydrogen) atoms. The first-order valence-electron chi connectivity index (χ1n) is 7.05. The zero-order chi connectivity index (χ0) is 18.1. The SMILES string of the molecule is Cc1csc(NC(=O)c2cc(S(=O)(=O)NC(C)(C)C)ccc2Br)n1. The van der Waals surface area contributed by atoms with E-state index in [0.29, 0.717) is 9.60 Å². The Balaban J connectivity index is 2.33. The van der Waals surface area contributed by atoms with Crippen LogP contribution in [0, 0.1) is 6.92 Å². The molecule has 130 valence electrons. The Morgan fingerprint density at radius 2 is 1.96 bits per heavy atom. The predicted molar refractivity (Wildman–Crippen MR) is 99.0 cm³/mol. The molecule has 0 radical (unpaired) electrons. The minimum Gasteiger partial charge on any atom is -0.298 e. The molecule has 6 nitrogen and oxygen atoms in total. The van der Waals surface area contributed by atoms with Gasteiger partial charge in [0.05, 0.1) is 16.2 Å². The molecule has 1 aromatic carbocycles. The van der Waals surface area contributed by atoms with Crippen molar-refractivity contribution in [2.45, 2.75) is 38.1 Å². The molecule has 0 saturated heterocycles. The summed E-state index contributed by atoms with van der Waals surface area (Å²) >= 11 is 4.59. The number of rotatable bonds is 4. The lowest BCUT2D eigenvalue weighted by atomic mass is 10.1. The molecule has 1 amide bonds. The smallest absolute Gasteiger partial charge is 0.258 e. The van der Waals surface area contributed by atoms with E-state index in [-0.39, 0.29) is 10.5 Å². The van der Waals surface area contributed by atoms with Gasteiger partial charge in [-0.25, -0.2) is 18.1 Å². The summed E-state index contributed by atoms with van der Waals surface area (Å²) in [7, 11) is -3.72. The van der Waals surface area contributed by atoms with Crippen LogP contribution in [0.25, 0.3) is 0 Å². The third-order valence-corrected chi connectivity index (χ3v) is 6.10. The molecule has 2 N–H and O–H groups in total. The zero-order valence-corrected chi connectivity index (χ0v) is 16.9. The summed E-state index contributed by atoms with van der Waals surface area (Å²) in [6.07, 6.45) is 0. The molecule has 0 aliphatic rings. The van der Waals surface area contributed by atoms with E-state index in [9.17, 15) is 13.2 Å². The third-order valence-electron chi connectivity index (χ3n) is 2.77. The molecule has 0 atom stereocenters. The van der Waals surface area contributed by atoms with Crippen LogP contribution in [0.3, 0.4) is 0 Å². The molecule has 0 bridgehead atoms. The number of aryl methyl sites for hydroxylation is 1. The summed E-state index contributed by atoms with van der Waals surface area (Å²) in [6, 6.07) is 4.33. The number of hydrogen-bond donors (Lipinski definition) is 2. The number of benzene rings is 1. The van der Waals surface area contributed by atoms with Gasteiger partial charge in [-0.3, -0.25) is 10.1 Å². The van der Waals surface area contributed by atoms with Crippen LogP contribution in [-0.2, 0) is 10.0 Å².